The van der Waals surface area contributed by atoms with E-state index < -0.39 is 0 Å². The molecule has 1 amide bonds. The summed E-state index contributed by atoms with van der Waals surface area (Å²) in [4.78, 5) is 21.4. The van der Waals surface area contributed by atoms with Crippen molar-refractivity contribution in [1.29, 1.82) is 0 Å². The molecule has 0 bridgehead atoms. The van der Waals surface area contributed by atoms with E-state index in [1.807, 2.05) is 40.9 Å². The molecule has 3 rings (SSSR count). The van der Waals surface area contributed by atoms with Crippen LogP contribution < -0.4 is 0 Å². The van der Waals surface area contributed by atoms with Crippen molar-refractivity contribution in [3.63, 3.8) is 0 Å². The van der Waals surface area contributed by atoms with E-state index in [2.05, 4.69) is 24.0 Å². The van der Waals surface area contributed by atoms with Gasteiger partial charge in [-0.3, -0.25) is 4.79 Å². The van der Waals surface area contributed by atoms with E-state index in [0.717, 1.165) is 30.4 Å². The van der Waals surface area contributed by atoms with Crippen molar-refractivity contribution in [2.24, 2.45) is 7.05 Å². The molecule has 2 aromatic rings. The molecule has 3 heterocycles. The van der Waals surface area contributed by atoms with Crippen LogP contribution in [0.4, 0.5) is 0 Å². The monoisotopic (exact) mass is 330 g/mol. The molecule has 0 aromatic carbocycles. The average molecular weight is 330 g/mol. The molecule has 1 aliphatic rings. The maximum atomic E-state index is 12.8. The molecule has 6 nitrogen and oxygen atoms in total. The lowest BCUT2D eigenvalue weighted by Gasteiger charge is -2.42. The summed E-state index contributed by atoms with van der Waals surface area (Å²) in [5.41, 5.74) is 1.20. The molecule has 1 aliphatic heterocycles. The zero-order chi connectivity index (χ0) is 17.3. The minimum absolute atomic E-state index is 0.00709. The summed E-state index contributed by atoms with van der Waals surface area (Å²) >= 11 is 0. The highest BCUT2D eigenvalue weighted by Gasteiger charge is 2.36. The Balaban J connectivity index is 1.73. The Kier molecular flexibility index (Phi) is 4.60. The number of pyridine rings is 1. The summed E-state index contributed by atoms with van der Waals surface area (Å²) < 4.78 is 7.73. The molecule has 6 heteroatoms. The van der Waals surface area contributed by atoms with E-state index in [4.69, 9.17) is 4.74 Å². The van der Waals surface area contributed by atoms with Crippen LogP contribution in [0.25, 0.3) is 11.0 Å². The summed E-state index contributed by atoms with van der Waals surface area (Å²) in [5, 5.41) is 1.05. The number of nitrogens with zero attached hydrogens (tertiary/aromatic N) is 4. The van der Waals surface area contributed by atoms with Gasteiger partial charge in [0.25, 0.3) is 5.91 Å². The van der Waals surface area contributed by atoms with Crippen LogP contribution in [0.2, 0.25) is 0 Å². The third-order valence-corrected chi connectivity index (χ3v) is 4.94. The maximum absolute atomic E-state index is 12.8. The van der Waals surface area contributed by atoms with Gasteiger partial charge in [0.15, 0.2) is 0 Å². The Bertz CT molecular complexity index is 730. The van der Waals surface area contributed by atoms with Gasteiger partial charge in [-0.1, -0.05) is 0 Å². The minimum atomic E-state index is -0.157. The highest BCUT2D eigenvalue weighted by Crippen LogP contribution is 2.27. The van der Waals surface area contributed by atoms with Crippen molar-refractivity contribution >= 4 is 16.9 Å². The number of aromatic nitrogens is 2. The number of hydrogen-bond donors (Lipinski definition) is 0. The van der Waals surface area contributed by atoms with E-state index in [1.54, 1.807) is 7.11 Å². The molecule has 2 aromatic heterocycles. The molecular formula is C18H26N4O2. The quantitative estimate of drug-likeness (QED) is 0.857. The van der Waals surface area contributed by atoms with Crippen LogP contribution in [-0.4, -0.2) is 71.7 Å². The van der Waals surface area contributed by atoms with E-state index >= 15 is 0 Å². The van der Waals surface area contributed by atoms with Gasteiger partial charge in [-0.2, -0.15) is 0 Å². The molecule has 0 saturated carbocycles. The number of carbonyl (C=O) groups excluding carboxylic acids is 1. The molecule has 0 spiro atoms. The van der Waals surface area contributed by atoms with Gasteiger partial charge >= 0.3 is 0 Å². The van der Waals surface area contributed by atoms with Crippen molar-refractivity contribution in [3.8, 4) is 0 Å². The first-order valence-corrected chi connectivity index (χ1v) is 8.35. The first-order chi connectivity index (χ1) is 11.4. The Labute approximate surface area is 143 Å². The number of piperidine rings is 1. The number of methoxy groups -OCH3 is 1. The number of fused-ring (bicyclic) bond motifs is 1. The first-order valence-electron chi connectivity index (χ1n) is 8.35. The Morgan fingerprint density at radius 1 is 1.29 bits per heavy atom. The summed E-state index contributed by atoms with van der Waals surface area (Å²) in [6.07, 6.45) is 3.65. The smallest absolute Gasteiger partial charge is 0.272 e. The predicted octanol–water partition coefficient (Wildman–Crippen LogP) is 1.76. The summed E-state index contributed by atoms with van der Waals surface area (Å²) in [5.74, 6) is 0.00709. The number of aryl methyl sites for hydroxylation is 1. The van der Waals surface area contributed by atoms with E-state index in [1.165, 1.54) is 0 Å². The topological polar surface area (TPSA) is 50.6 Å². The van der Waals surface area contributed by atoms with Gasteiger partial charge in [0, 0.05) is 45.4 Å². The van der Waals surface area contributed by atoms with Crippen molar-refractivity contribution in [1.82, 2.24) is 19.4 Å². The second kappa shape index (κ2) is 6.53. The van der Waals surface area contributed by atoms with Gasteiger partial charge in [-0.25, -0.2) is 4.98 Å². The summed E-state index contributed by atoms with van der Waals surface area (Å²) in [6, 6.07) is 5.79. The Hall–Kier alpha value is -1.92. The fourth-order valence-electron chi connectivity index (χ4n) is 3.54. The van der Waals surface area contributed by atoms with Gasteiger partial charge in [-0.05, 0) is 45.1 Å². The molecule has 0 aliphatic carbocycles. The second-order valence-corrected chi connectivity index (χ2v) is 6.95. The molecule has 0 N–H and O–H groups in total. The van der Waals surface area contributed by atoms with E-state index in [9.17, 15) is 4.79 Å². The second-order valence-electron chi connectivity index (χ2n) is 6.95. The van der Waals surface area contributed by atoms with Crippen LogP contribution in [0.15, 0.2) is 24.4 Å². The van der Waals surface area contributed by atoms with E-state index in [0.29, 0.717) is 18.8 Å². The lowest BCUT2D eigenvalue weighted by atomic mass is 9.90. The molecule has 1 saturated heterocycles. The van der Waals surface area contributed by atoms with Gasteiger partial charge in [-0.15, -0.1) is 0 Å². The third kappa shape index (κ3) is 3.16. The third-order valence-electron chi connectivity index (χ3n) is 4.94. The van der Waals surface area contributed by atoms with Gasteiger partial charge in [0.2, 0.25) is 0 Å². The number of carbonyl (C=O) groups is 1. The number of likely N-dealkylation sites (tertiary alicyclic amines) is 1. The van der Waals surface area contributed by atoms with Crippen molar-refractivity contribution in [2.45, 2.75) is 18.4 Å². The van der Waals surface area contributed by atoms with Gasteiger partial charge in [0.05, 0.1) is 5.60 Å². The minimum Gasteiger partial charge on any atom is -0.377 e. The largest absolute Gasteiger partial charge is 0.377 e. The molecule has 0 atom stereocenters. The fraction of sp³-hybridized carbons (Fsp3) is 0.556. The number of ether oxygens (including phenoxy) is 1. The molecule has 0 unspecified atom stereocenters. The van der Waals surface area contributed by atoms with Crippen LogP contribution >= 0.6 is 0 Å². The average Bonchev–Trinajstić information content (AvgIpc) is 2.95. The Morgan fingerprint density at radius 3 is 2.62 bits per heavy atom. The highest BCUT2D eigenvalue weighted by molar-refractivity contribution is 5.94. The molecule has 24 heavy (non-hydrogen) atoms. The normalized spacial score (nSPS) is 17.6. The lowest BCUT2D eigenvalue weighted by molar-refractivity contribution is -0.0654. The number of likely N-dealkylation sites (N-methyl/N-ethyl adjacent to an activating group) is 1. The summed E-state index contributed by atoms with van der Waals surface area (Å²) in [7, 11) is 7.82. The number of hydrogen-bond acceptors (Lipinski definition) is 4. The highest BCUT2D eigenvalue weighted by atomic mass is 16.5. The molecule has 130 valence electrons. The van der Waals surface area contributed by atoms with Crippen LogP contribution in [0.3, 0.4) is 0 Å². The van der Waals surface area contributed by atoms with Crippen molar-refractivity contribution in [2.75, 3.05) is 40.8 Å². The van der Waals surface area contributed by atoms with E-state index in [-0.39, 0.29) is 11.5 Å². The standard InChI is InChI=1S/C18H26N4O2/c1-20(2)13-18(24-4)8-11-22(12-9-18)17(23)15-6-5-14-7-10-21(3)16(14)19-15/h5-7,10H,8-9,11-13H2,1-4H3. The Morgan fingerprint density at radius 2 is 2.00 bits per heavy atom. The van der Waals surface area contributed by atoms with Crippen LogP contribution in [0.5, 0.6) is 0 Å². The van der Waals surface area contributed by atoms with Crippen LogP contribution in [0.1, 0.15) is 23.3 Å². The van der Waals surface area contributed by atoms with Gasteiger partial charge < -0.3 is 19.1 Å². The lowest BCUT2D eigenvalue weighted by Crippen LogP contribution is -2.52. The van der Waals surface area contributed by atoms with Gasteiger partial charge in [0.1, 0.15) is 11.3 Å². The predicted molar refractivity (Wildman–Crippen MR) is 94.1 cm³/mol. The van der Waals surface area contributed by atoms with Crippen molar-refractivity contribution in [3.05, 3.63) is 30.1 Å². The zero-order valence-corrected chi connectivity index (χ0v) is 15.0. The zero-order valence-electron chi connectivity index (χ0n) is 15.0. The SMILES string of the molecule is COC1(CN(C)C)CCN(C(=O)c2ccc3ccn(C)c3n2)CC1. The number of rotatable bonds is 4. The maximum Gasteiger partial charge on any atom is 0.272 e. The van der Waals surface area contributed by atoms with Crippen LogP contribution in [0, 0.1) is 0 Å². The molecule has 0 radical (unpaired) electrons. The summed E-state index contributed by atoms with van der Waals surface area (Å²) in [6.45, 7) is 2.28. The number of amides is 1. The van der Waals surface area contributed by atoms with Crippen molar-refractivity contribution < 1.29 is 9.53 Å². The first kappa shape index (κ1) is 16.9. The fourth-order valence-corrected chi connectivity index (χ4v) is 3.54. The molecule has 1 fully saturated rings. The molecular weight excluding hydrogens is 304 g/mol. The van der Waals surface area contributed by atoms with Crippen LogP contribution in [-0.2, 0) is 11.8 Å².